The average molecular weight is 455 g/mol. The molecule has 0 amide bonds. The van der Waals surface area contributed by atoms with E-state index in [1.54, 1.807) is 12.1 Å². The van der Waals surface area contributed by atoms with Gasteiger partial charge in [0.05, 0.1) is 0 Å². The SMILES string of the molecule is C=CN.C=c1[nH]c2ccc(F)cc2/c1=C/c1[nH]c(C)c(CCCC)c1C.CCCNCCC. The number of nitrogens with two attached hydrogens (primary N) is 1. The van der Waals surface area contributed by atoms with E-state index in [-0.39, 0.29) is 5.82 Å². The number of hydrogen-bond donors (Lipinski definition) is 4. The summed E-state index contributed by atoms with van der Waals surface area (Å²) in [6.45, 7) is 20.4. The molecular formula is C28H43FN4. The molecule has 0 saturated carbocycles. The van der Waals surface area contributed by atoms with Gasteiger partial charge in [0, 0.05) is 32.9 Å². The summed E-state index contributed by atoms with van der Waals surface area (Å²) in [4.78, 5) is 6.70. The molecule has 3 aromatic rings. The maximum Gasteiger partial charge on any atom is 0.123 e. The topological polar surface area (TPSA) is 69.6 Å². The summed E-state index contributed by atoms with van der Waals surface area (Å²) in [6, 6.07) is 4.79. The van der Waals surface area contributed by atoms with Crippen molar-refractivity contribution in [1.82, 2.24) is 15.3 Å². The number of halogens is 1. The minimum atomic E-state index is -0.228. The van der Waals surface area contributed by atoms with Crippen molar-refractivity contribution in [3.8, 4) is 0 Å². The van der Waals surface area contributed by atoms with Crippen LogP contribution >= 0.6 is 0 Å². The summed E-state index contributed by atoms with van der Waals surface area (Å²) >= 11 is 0. The highest BCUT2D eigenvalue weighted by Crippen LogP contribution is 2.20. The lowest BCUT2D eigenvalue weighted by Crippen LogP contribution is -2.21. The molecule has 0 fully saturated rings. The summed E-state index contributed by atoms with van der Waals surface area (Å²) in [7, 11) is 0. The molecule has 1 aromatic carbocycles. The zero-order valence-corrected chi connectivity index (χ0v) is 21.2. The van der Waals surface area contributed by atoms with Crippen LogP contribution in [0.4, 0.5) is 4.39 Å². The first-order valence-electron chi connectivity index (χ1n) is 12.0. The monoisotopic (exact) mass is 454 g/mol. The Bertz CT molecular complexity index is 1090. The third kappa shape index (κ3) is 8.58. The number of unbranched alkanes of at least 4 members (excludes halogenated alkanes) is 1. The molecule has 0 atom stereocenters. The van der Waals surface area contributed by atoms with Gasteiger partial charge in [-0.05, 0) is 94.2 Å². The molecule has 0 radical (unpaired) electrons. The summed E-state index contributed by atoms with van der Waals surface area (Å²) in [6.07, 6.45) is 9.31. The zero-order chi connectivity index (χ0) is 24.8. The highest BCUT2D eigenvalue weighted by Gasteiger charge is 2.10. The average Bonchev–Trinajstić information content (AvgIpc) is 3.23. The Morgan fingerprint density at radius 2 is 1.70 bits per heavy atom. The lowest BCUT2D eigenvalue weighted by atomic mass is 10.0. The van der Waals surface area contributed by atoms with Crippen molar-refractivity contribution in [3.63, 3.8) is 0 Å². The van der Waals surface area contributed by atoms with Crippen LogP contribution in [0.1, 0.15) is 69.0 Å². The molecule has 33 heavy (non-hydrogen) atoms. The normalized spacial score (nSPS) is 11.0. The highest BCUT2D eigenvalue weighted by molar-refractivity contribution is 5.82. The Morgan fingerprint density at radius 1 is 1.06 bits per heavy atom. The van der Waals surface area contributed by atoms with Crippen LogP contribution < -0.4 is 21.6 Å². The summed E-state index contributed by atoms with van der Waals surface area (Å²) < 4.78 is 13.6. The maximum absolute atomic E-state index is 13.6. The van der Waals surface area contributed by atoms with Crippen LogP contribution in [0.3, 0.4) is 0 Å². The third-order valence-corrected chi connectivity index (χ3v) is 5.44. The fraction of sp³-hybridized carbons (Fsp3) is 0.429. The smallest absolute Gasteiger partial charge is 0.123 e. The number of hydrogen-bond acceptors (Lipinski definition) is 2. The van der Waals surface area contributed by atoms with Crippen LogP contribution in [0.2, 0.25) is 0 Å². The minimum absolute atomic E-state index is 0.228. The molecule has 0 aliphatic rings. The van der Waals surface area contributed by atoms with Crippen molar-refractivity contribution in [2.75, 3.05) is 13.1 Å². The van der Waals surface area contributed by atoms with E-state index in [1.165, 1.54) is 67.9 Å². The van der Waals surface area contributed by atoms with Crippen molar-refractivity contribution < 1.29 is 4.39 Å². The Kier molecular flexibility index (Phi) is 12.9. The molecule has 0 bridgehead atoms. The molecule has 0 aliphatic carbocycles. The van der Waals surface area contributed by atoms with E-state index in [4.69, 9.17) is 0 Å². The van der Waals surface area contributed by atoms with Crippen molar-refractivity contribution in [2.45, 2.75) is 66.7 Å². The quantitative estimate of drug-likeness (QED) is 0.348. The maximum atomic E-state index is 13.6. The van der Waals surface area contributed by atoms with Gasteiger partial charge in [-0.1, -0.05) is 40.3 Å². The van der Waals surface area contributed by atoms with Crippen LogP contribution in [-0.4, -0.2) is 23.1 Å². The molecule has 0 spiro atoms. The van der Waals surface area contributed by atoms with Gasteiger partial charge in [-0.3, -0.25) is 0 Å². The molecule has 5 heteroatoms. The number of rotatable bonds is 8. The number of benzene rings is 1. The predicted octanol–water partition coefficient (Wildman–Crippen LogP) is 5.32. The van der Waals surface area contributed by atoms with Crippen LogP contribution in [0.15, 0.2) is 31.0 Å². The van der Waals surface area contributed by atoms with Crippen LogP contribution in [-0.2, 0) is 6.42 Å². The van der Waals surface area contributed by atoms with Crippen LogP contribution in [0.5, 0.6) is 0 Å². The fourth-order valence-electron chi connectivity index (χ4n) is 3.72. The standard InChI is InChI=1S/C20H23FN2.C6H15N.C2H5N/c1-5-6-7-16-12(2)20(23-13(16)3)11-17-14(4)22-19-9-8-15(21)10-18(17)19;1-3-5-7-6-4-2;1-2-3/h8-11,22-23H,4-7H2,1-3H3;7H,3-6H2,1-2H3;2H,1,3H2/b17-11+;;. The molecule has 3 rings (SSSR count). The van der Waals surface area contributed by atoms with Crippen molar-refractivity contribution in [3.05, 3.63) is 69.9 Å². The highest BCUT2D eigenvalue weighted by atomic mass is 19.1. The number of nitrogens with one attached hydrogen (secondary N) is 3. The Morgan fingerprint density at radius 3 is 2.27 bits per heavy atom. The van der Waals surface area contributed by atoms with Gasteiger partial charge in [-0.2, -0.15) is 0 Å². The molecule has 2 aromatic heterocycles. The second-order valence-corrected chi connectivity index (χ2v) is 8.21. The largest absolute Gasteiger partial charge is 0.405 e. The zero-order valence-electron chi connectivity index (χ0n) is 21.2. The molecule has 182 valence electrons. The van der Waals surface area contributed by atoms with E-state index in [1.807, 2.05) is 0 Å². The lowest BCUT2D eigenvalue weighted by Gasteiger charge is -2.00. The van der Waals surface area contributed by atoms with Gasteiger partial charge in [-0.25, -0.2) is 4.39 Å². The molecule has 5 N–H and O–H groups in total. The van der Waals surface area contributed by atoms with E-state index in [0.717, 1.165) is 33.6 Å². The Balaban J connectivity index is 0.000000462. The molecule has 0 unspecified atom stereocenters. The number of aromatic nitrogens is 2. The van der Waals surface area contributed by atoms with E-state index in [0.29, 0.717) is 0 Å². The molecule has 0 saturated heterocycles. The summed E-state index contributed by atoms with van der Waals surface area (Å²) in [5.41, 5.74) is 10.5. The van der Waals surface area contributed by atoms with Crippen molar-refractivity contribution in [2.24, 2.45) is 5.73 Å². The van der Waals surface area contributed by atoms with Gasteiger partial charge in [-0.15, -0.1) is 0 Å². The van der Waals surface area contributed by atoms with E-state index in [2.05, 4.69) is 74.9 Å². The number of aromatic amines is 2. The second kappa shape index (κ2) is 15.1. The summed E-state index contributed by atoms with van der Waals surface area (Å²) in [5.74, 6) is -0.228. The minimum Gasteiger partial charge on any atom is -0.405 e. The Hall–Kier alpha value is -2.79. The van der Waals surface area contributed by atoms with Crippen molar-refractivity contribution in [1.29, 1.82) is 0 Å². The van der Waals surface area contributed by atoms with Gasteiger partial charge in [0.25, 0.3) is 0 Å². The van der Waals surface area contributed by atoms with E-state index >= 15 is 0 Å². The van der Waals surface area contributed by atoms with Gasteiger partial charge in [0.1, 0.15) is 5.82 Å². The third-order valence-electron chi connectivity index (χ3n) is 5.44. The van der Waals surface area contributed by atoms with Gasteiger partial charge >= 0.3 is 0 Å². The van der Waals surface area contributed by atoms with Gasteiger partial charge < -0.3 is 21.0 Å². The Labute approximate surface area is 198 Å². The van der Waals surface area contributed by atoms with Crippen molar-refractivity contribution >= 4 is 23.6 Å². The van der Waals surface area contributed by atoms with Crippen LogP contribution in [0.25, 0.3) is 23.6 Å². The fourth-order valence-corrected chi connectivity index (χ4v) is 3.72. The number of aryl methyl sites for hydroxylation is 1. The number of H-pyrrole nitrogens is 2. The first-order chi connectivity index (χ1) is 15.8. The molecule has 0 aliphatic heterocycles. The summed E-state index contributed by atoms with van der Waals surface area (Å²) in [5, 5.41) is 5.92. The second-order valence-electron chi connectivity index (χ2n) is 8.21. The van der Waals surface area contributed by atoms with E-state index in [9.17, 15) is 4.39 Å². The van der Waals surface area contributed by atoms with Gasteiger partial charge in [0.15, 0.2) is 0 Å². The number of fused-ring (bicyclic) bond motifs is 1. The molecule has 2 heterocycles. The first-order valence-corrected chi connectivity index (χ1v) is 12.0. The van der Waals surface area contributed by atoms with Gasteiger partial charge in [0.2, 0.25) is 0 Å². The lowest BCUT2D eigenvalue weighted by molar-refractivity contribution is 0.629. The first kappa shape index (κ1) is 28.2. The molecular weight excluding hydrogens is 411 g/mol. The van der Waals surface area contributed by atoms with Crippen LogP contribution in [0, 0.1) is 19.7 Å². The predicted molar refractivity (Wildman–Crippen MR) is 143 cm³/mol. The van der Waals surface area contributed by atoms with E-state index < -0.39 is 0 Å². The molecule has 4 nitrogen and oxygen atoms in total.